The van der Waals surface area contributed by atoms with Crippen LogP contribution < -0.4 is 4.18 Å². The maximum atomic E-state index is 11.9. The van der Waals surface area contributed by atoms with Gasteiger partial charge < -0.3 is 0 Å². The molecule has 0 radical (unpaired) electrons. The topological polar surface area (TPSA) is 26.3 Å². The molecule has 13 heavy (non-hydrogen) atoms. The molecule has 0 bridgehead atoms. The molecule has 70 valence electrons. The van der Waals surface area contributed by atoms with Gasteiger partial charge in [-0.3, -0.25) is 4.18 Å². The van der Waals surface area contributed by atoms with Gasteiger partial charge in [-0.1, -0.05) is 22.4 Å². The maximum Gasteiger partial charge on any atom is 0.259 e. The Morgan fingerprint density at radius 1 is 1.08 bits per heavy atom. The molecule has 1 fully saturated rings. The minimum Gasteiger partial charge on any atom is -0.286 e. The number of hydrogen-bond acceptors (Lipinski definition) is 2. The fraction of sp³-hybridized carbons (Fsp3) is 0.400. The monoisotopic (exact) mass is 197 g/mol. The van der Waals surface area contributed by atoms with Crippen LogP contribution in [-0.2, 0) is 14.4 Å². The predicted octanol–water partition coefficient (Wildman–Crippen LogP) is 2.27. The second kappa shape index (κ2) is 3.50. The van der Waals surface area contributed by atoms with Gasteiger partial charge in [0.1, 0.15) is 0 Å². The van der Waals surface area contributed by atoms with E-state index in [0.29, 0.717) is 0 Å². The van der Waals surface area contributed by atoms with E-state index >= 15 is 0 Å². The molecule has 1 aromatic carbocycles. The Morgan fingerprint density at radius 3 is 2.31 bits per heavy atom. The van der Waals surface area contributed by atoms with Crippen molar-refractivity contribution in [2.45, 2.75) is 12.8 Å². The van der Waals surface area contributed by atoms with Gasteiger partial charge in [-0.05, 0) is 12.1 Å². The van der Waals surface area contributed by atoms with Gasteiger partial charge in [-0.15, -0.1) is 0 Å². The van der Waals surface area contributed by atoms with Crippen molar-refractivity contribution in [2.24, 2.45) is 0 Å². The largest absolute Gasteiger partial charge is 0.286 e. The van der Waals surface area contributed by atoms with Crippen molar-refractivity contribution < 1.29 is 8.39 Å². The molecule has 1 aliphatic rings. The van der Waals surface area contributed by atoms with Gasteiger partial charge in [0.25, 0.3) is 10.2 Å². The first-order chi connectivity index (χ1) is 6.29. The highest BCUT2D eigenvalue weighted by molar-refractivity contribution is 7.99. The van der Waals surface area contributed by atoms with Crippen molar-refractivity contribution >= 4 is 10.2 Å². The zero-order valence-electron chi connectivity index (χ0n) is 7.44. The molecule has 1 aliphatic heterocycles. The number of para-hydroxylation sites is 1. The van der Waals surface area contributed by atoms with Gasteiger partial charge in [0, 0.05) is 12.8 Å². The highest BCUT2D eigenvalue weighted by Crippen LogP contribution is 2.23. The lowest BCUT2D eigenvalue weighted by atomic mass is 10.3. The third kappa shape index (κ3) is 2.10. The van der Waals surface area contributed by atoms with Gasteiger partial charge in [-0.2, -0.15) is 0 Å². The lowest BCUT2D eigenvalue weighted by Gasteiger charge is -2.04. The first-order valence-electron chi connectivity index (χ1n) is 4.53. The SMILES string of the molecule is O=[S+]1(Oc2ccccc2)CCCC1. The summed E-state index contributed by atoms with van der Waals surface area (Å²) < 4.78 is 17.4. The minimum absolute atomic E-state index is 0.724. The third-order valence-electron chi connectivity index (χ3n) is 2.15. The van der Waals surface area contributed by atoms with Crippen LogP contribution in [0.5, 0.6) is 5.75 Å². The Balaban J connectivity index is 2.10. The molecule has 0 aromatic heterocycles. The van der Waals surface area contributed by atoms with Crippen LogP contribution in [0.15, 0.2) is 30.3 Å². The van der Waals surface area contributed by atoms with E-state index in [1.165, 1.54) is 0 Å². The lowest BCUT2D eigenvalue weighted by Crippen LogP contribution is -2.20. The summed E-state index contributed by atoms with van der Waals surface area (Å²) in [6.07, 6.45) is 2.07. The Hall–Kier alpha value is -0.830. The third-order valence-corrected chi connectivity index (χ3v) is 4.47. The molecular weight excluding hydrogens is 184 g/mol. The van der Waals surface area contributed by atoms with E-state index < -0.39 is 10.2 Å². The summed E-state index contributed by atoms with van der Waals surface area (Å²) in [5, 5.41) is 0. The quantitative estimate of drug-likeness (QED) is 0.680. The molecule has 3 heteroatoms. The van der Waals surface area contributed by atoms with E-state index in [4.69, 9.17) is 4.18 Å². The molecule has 0 spiro atoms. The average molecular weight is 197 g/mol. The second-order valence-electron chi connectivity index (χ2n) is 3.26. The molecule has 0 amide bonds. The predicted molar refractivity (Wildman–Crippen MR) is 54.1 cm³/mol. The van der Waals surface area contributed by atoms with E-state index in [-0.39, 0.29) is 0 Å². The molecular formula is C10H13O2S+. The normalized spacial score (nSPS) is 20.0. The first-order valence-corrected chi connectivity index (χ1v) is 6.35. The smallest absolute Gasteiger partial charge is 0.259 e. The van der Waals surface area contributed by atoms with E-state index in [9.17, 15) is 4.21 Å². The van der Waals surface area contributed by atoms with E-state index in [1.807, 2.05) is 30.3 Å². The zero-order valence-corrected chi connectivity index (χ0v) is 8.26. The minimum atomic E-state index is -2.01. The Kier molecular flexibility index (Phi) is 2.36. The number of benzene rings is 1. The van der Waals surface area contributed by atoms with Crippen LogP contribution in [0.2, 0.25) is 0 Å². The van der Waals surface area contributed by atoms with Gasteiger partial charge in [0.05, 0.1) is 0 Å². The molecule has 1 saturated heterocycles. The summed E-state index contributed by atoms with van der Waals surface area (Å²) in [7, 11) is -2.01. The van der Waals surface area contributed by atoms with Crippen LogP contribution >= 0.6 is 0 Å². The van der Waals surface area contributed by atoms with Crippen molar-refractivity contribution in [3.63, 3.8) is 0 Å². The average Bonchev–Trinajstić information content (AvgIpc) is 2.54. The fourth-order valence-corrected chi connectivity index (χ4v) is 3.60. The molecule has 0 saturated carbocycles. The van der Waals surface area contributed by atoms with Crippen LogP contribution in [0.4, 0.5) is 0 Å². The van der Waals surface area contributed by atoms with Gasteiger partial charge in [0.15, 0.2) is 17.3 Å². The van der Waals surface area contributed by atoms with Crippen LogP contribution in [-0.4, -0.2) is 11.5 Å². The summed E-state index contributed by atoms with van der Waals surface area (Å²) in [6, 6.07) is 9.42. The first kappa shape index (κ1) is 8.75. The van der Waals surface area contributed by atoms with Gasteiger partial charge >= 0.3 is 0 Å². The highest BCUT2D eigenvalue weighted by Gasteiger charge is 2.35. The second-order valence-corrected chi connectivity index (χ2v) is 5.73. The summed E-state index contributed by atoms with van der Waals surface area (Å²) in [5.74, 6) is 2.18. The summed E-state index contributed by atoms with van der Waals surface area (Å²) in [6.45, 7) is 0. The molecule has 2 rings (SSSR count). The van der Waals surface area contributed by atoms with Crippen molar-refractivity contribution in [3.05, 3.63) is 30.3 Å². The van der Waals surface area contributed by atoms with Crippen molar-refractivity contribution in [1.29, 1.82) is 0 Å². The molecule has 0 N–H and O–H groups in total. The molecule has 1 heterocycles. The van der Waals surface area contributed by atoms with Crippen LogP contribution in [0.3, 0.4) is 0 Å². The molecule has 1 aromatic rings. The molecule has 0 unspecified atom stereocenters. The lowest BCUT2D eigenvalue weighted by molar-refractivity contribution is 0.505. The zero-order chi connectivity index (χ0) is 9.15. The van der Waals surface area contributed by atoms with E-state index in [0.717, 1.165) is 30.1 Å². The van der Waals surface area contributed by atoms with Crippen molar-refractivity contribution in [2.75, 3.05) is 11.5 Å². The fourth-order valence-electron chi connectivity index (χ4n) is 1.48. The Bertz CT molecular complexity index is 311. The van der Waals surface area contributed by atoms with E-state index in [1.54, 1.807) is 0 Å². The van der Waals surface area contributed by atoms with Crippen molar-refractivity contribution in [1.82, 2.24) is 0 Å². The van der Waals surface area contributed by atoms with Gasteiger partial charge in [0.2, 0.25) is 0 Å². The number of rotatable bonds is 2. The van der Waals surface area contributed by atoms with Crippen molar-refractivity contribution in [3.8, 4) is 5.75 Å². The Labute approximate surface area is 79.6 Å². The summed E-state index contributed by atoms with van der Waals surface area (Å²) in [5.41, 5.74) is 0. The van der Waals surface area contributed by atoms with Crippen LogP contribution in [0, 0.1) is 0 Å². The van der Waals surface area contributed by atoms with Crippen LogP contribution in [0.1, 0.15) is 12.8 Å². The Morgan fingerprint density at radius 2 is 1.69 bits per heavy atom. The highest BCUT2D eigenvalue weighted by atomic mass is 32.3. The number of hydrogen-bond donors (Lipinski definition) is 0. The van der Waals surface area contributed by atoms with Crippen LogP contribution in [0.25, 0.3) is 0 Å². The summed E-state index contributed by atoms with van der Waals surface area (Å²) in [4.78, 5) is 0. The molecule has 2 nitrogen and oxygen atoms in total. The standard InChI is InChI=1S/C10H13O2S/c11-13(8-4-5-9-13)12-10-6-2-1-3-7-10/h1-3,6-7H,4-5,8-9H2/q+1. The van der Waals surface area contributed by atoms with Gasteiger partial charge in [-0.25, -0.2) is 0 Å². The maximum absolute atomic E-state index is 11.9. The molecule has 0 aliphatic carbocycles. The summed E-state index contributed by atoms with van der Waals surface area (Å²) >= 11 is 0. The molecule has 0 atom stereocenters. The van der Waals surface area contributed by atoms with E-state index in [2.05, 4.69) is 0 Å².